The number of rotatable bonds is 7. The molecular formula is C15H25N3S. The van der Waals surface area contributed by atoms with Crippen molar-refractivity contribution in [2.75, 3.05) is 17.6 Å². The summed E-state index contributed by atoms with van der Waals surface area (Å²) in [6, 6.07) is 2.16. The molecule has 0 unspecified atom stereocenters. The molecule has 1 N–H and O–H groups in total. The number of anilines is 1. The van der Waals surface area contributed by atoms with Crippen molar-refractivity contribution in [3.63, 3.8) is 0 Å². The fraction of sp³-hybridized carbons (Fsp3) is 0.733. The highest BCUT2D eigenvalue weighted by Crippen LogP contribution is 2.33. The standard InChI is InChI=1S/C15H25N3S/c1-3-9-19-11-15-17-13(12-7-5-6-8-12)10-14(18-15)16-4-2/h10,12H,3-9,11H2,1-2H3,(H,16,17,18). The van der Waals surface area contributed by atoms with Crippen LogP contribution in [0.5, 0.6) is 0 Å². The number of hydrogen-bond donors (Lipinski definition) is 1. The molecule has 0 aliphatic heterocycles. The van der Waals surface area contributed by atoms with Gasteiger partial charge >= 0.3 is 0 Å². The highest BCUT2D eigenvalue weighted by molar-refractivity contribution is 7.98. The SMILES string of the molecule is CCCSCc1nc(NCC)cc(C2CCCC2)n1. The maximum atomic E-state index is 4.80. The molecule has 0 bridgehead atoms. The van der Waals surface area contributed by atoms with E-state index in [1.165, 1.54) is 43.6 Å². The Morgan fingerprint density at radius 3 is 2.74 bits per heavy atom. The minimum Gasteiger partial charge on any atom is -0.370 e. The topological polar surface area (TPSA) is 37.8 Å². The summed E-state index contributed by atoms with van der Waals surface area (Å²) in [6.07, 6.45) is 6.51. The minimum atomic E-state index is 0.662. The van der Waals surface area contributed by atoms with Gasteiger partial charge in [0.1, 0.15) is 11.6 Å². The molecule has 1 aliphatic rings. The van der Waals surface area contributed by atoms with Gasteiger partial charge < -0.3 is 5.32 Å². The van der Waals surface area contributed by atoms with E-state index in [1.807, 2.05) is 11.8 Å². The van der Waals surface area contributed by atoms with Crippen LogP contribution < -0.4 is 5.32 Å². The number of hydrogen-bond acceptors (Lipinski definition) is 4. The van der Waals surface area contributed by atoms with Crippen LogP contribution in [0.3, 0.4) is 0 Å². The predicted molar refractivity (Wildman–Crippen MR) is 83.9 cm³/mol. The molecule has 0 aromatic carbocycles. The molecule has 1 fully saturated rings. The van der Waals surface area contributed by atoms with Gasteiger partial charge in [0.15, 0.2) is 0 Å². The Kier molecular flexibility index (Phi) is 5.95. The Morgan fingerprint density at radius 2 is 2.05 bits per heavy atom. The molecule has 1 saturated carbocycles. The maximum absolute atomic E-state index is 4.80. The third kappa shape index (κ3) is 4.37. The highest BCUT2D eigenvalue weighted by atomic mass is 32.2. The summed E-state index contributed by atoms with van der Waals surface area (Å²) < 4.78 is 0. The quantitative estimate of drug-likeness (QED) is 0.759. The Labute approximate surface area is 121 Å². The van der Waals surface area contributed by atoms with E-state index in [9.17, 15) is 0 Å². The van der Waals surface area contributed by atoms with Crippen molar-refractivity contribution in [1.29, 1.82) is 0 Å². The van der Waals surface area contributed by atoms with Crippen molar-refractivity contribution in [3.8, 4) is 0 Å². The van der Waals surface area contributed by atoms with Crippen molar-refractivity contribution < 1.29 is 0 Å². The maximum Gasteiger partial charge on any atom is 0.140 e. The Hall–Kier alpha value is -0.770. The van der Waals surface area contributed by atoms with Crippen LogP contribution in [0.4, 0.5) is 5.82 Å². The highest BCUT2D eigenvalue weighted by Gasteiger charge is 2.19. The van der Waals surface area contributed by atoms with E-state index in [-0.39, 0.29) is 0 Å². The van der Waals surface area contributed by atoms with Crippen LogP contribution >= 0.6 is 11.8 Å². The lowest BCUT2D eigenvalue weighted by Crippen LogP contribution is -2.07. The van der Waals surface area contributed by atoms with Crippen LogP contribution in [-0.4, -0.2) is 22.3 Å². The second kappa shape index (κ2) is 7.73. The molecule has 4 heteroatoms. The second-order valence-electron chi connectivity index (χ2n) is 5.16. The third-order valence-corrected chi connectivity index (χ3v) is 4.66. The number of thioether (sulfide) groups is 1. The van der Waals surface area contributed by atoms with Crippen molar-refractivity contribution in [2.24, 2.45) is 0 Å². The zero-order valence-electron chi connectivity index (χ0n) is 12.1. The molecular weight excluding hydrogens is 254 g/mol. The van der Waals surface area contributed by atoms with Crippen LogP contribution in [0.25, 0.3) is 0 Å². The molecule has 0 saturated heterocycles. The van der Waals surface area contributed by atoms with Gasteiger partial charge in [0.25, 0.3) is 0 Å². The minimum absolute atomic E-state index is 0.662. The van der Waals surface area contributed by atoms with Crippen LogP contribution in [0, 0.1) is 0 Å². The van der Waals surface area contributed by atoms with Crippen molar-refractivity contribution in [1.82, 2.24) is 9.97 Å². The van der Waals surface area contributed by atoms with Crippen LogP contribution in [0.1, 0.15) is 63.4 Å². The van der Waals surface area contributed by atoms with E-state index in [0.29, 0.717) is 5.92 Å². The molecule has 106 valence electrons. The Bertz CT molecular complexity index is 389. The summed E-state index contributed by atoms with van der Waals surface area (Å²) >= 11 is 1.93. The van der Waals surface area contributed by atoms with Crippen LogP contribution in [-0.2, 0) is 5.75 Å². The number of aromatic nitrogens is 2. The first-order valence-electron chi connectivity index (χ1n) is 7.53. The van der Waals surface area contributed by atoms with E-state index in [2.05, 4.69) is 30.2 Å². The summed E-state index contributed by atoms with van der Waals surface area (Å²) in [4.78, 5) is 9.42. The Balaban J connectivity index is 2.11. The molecule has 3 nitrogen and oxygen atoms in total. The van der Waals surface area contributed by atoms with E-state index in [4.69, 9.17) is 4.98 Å². The molecule has 2 rings (SSSR count). The molecule has 1 aliphatic carbocycles. The zero-order valence-corrected chi connectivity index (χ0v) is 12.9. The largest absolute Gasteiger partial charge is 0.370 e. The molecule has 1 aromatic heterocycles. The number of nitrogens with one attached hydrogen (secondary N) is 1. The summed E-state index contributed by atoms with van der Waals surface area (Å²) in [6.45, 7) is 5.25. The van der Waals surface area contributed by atoms with Gasteiger partial charge in [-0.3, -0.25) is 0 Å². The molecule has 19 heavy (non-hydrogen) atoms. The average molecular weight is 279 g/mol. The molecule has 0 spiro atoms. The molecule has 0 atom stereocenters. The third-order valence-electron chi connectivity index (χ3n) is 3.50. The molecule has 1 aromatic rings. The second-order valence-corrected chi connectivity index (χ2v) is 6.26. The first-order chi connectivity index (χ1) is 9.33. The van der Waals surface area contributed by atoms with Crippen LogP contribution in [0.15, 0.2) is 6.07 Å². The lowest BCUT2D eigenvalue weighted by Gasteiger charge is -2.13. The van der Waals surface area contributed by atoms with E-state index in [1.54, 1.807) is 0 Å². The monoisotopic (exact) mass is 279 g/mol. The fourth-order valence-electron chi connectivity index (χ4n) is 2.59. The van der Waals surface area contributed by atoms with Gasteiger partial charge in [-0.1, -0.05) is 19.8 Å². The zero-order chi connectivity index (χ0) is 13.5. The predicted octanol–water partition coefficient (Wildman–Crippen LogP) is 4.21. The molecule has 0 amide bonds. The van der Waals surface area contributed by atoms with Crippen molar-refractivity contribution in [2.45, 2.75) is 57.6 Å². The van der Waals surface area contributed by atoms with E-state index >= 15 is 0 Å². The van der Waals surface area contributed by atoms with Gasteiger partial charge in [0, 0.05) is 24.2 Å². The molecule has 1 heterocycles. The van der Waals surface area contributed by atoms with Gasteiger partial charge in [0.05, 0.1) is 5.75 Å². The van der Waals surface area contributed by atoms with Gasteiger partial charge in [-0.25, -0.2) is 9.97 Å². The van der Waals surface area contributed by atoms with Crippen LogP contribution in [0.2, 0.25) is 0 Å². The van der Waals surface area contributed by atoms with Gasteiger partial charge in [-0.05, 0) is 31.9 Å². The first kappa shape index (κ1) is 14.6. The molecule has 0 radical (unpaired) electrons. The summed E-state index contributed by atoms with van der Waals surface area (Å²) in [5.41, 5.74) is 1.26. The first-order valence-corrected chi connectivity index (χ1v) is 8.68. The average Bonchev–Trinajstić information content (AvgIpc) is 2.93. The summed E-state index contributed by atoms with van der Waals surface area (Å²) in [5, 5.41) is 3.34. The van der Waals surface area contributed by atoms with Gasteiger partial charge in [-0.2, -0.15) is 11.8 Å². The van der Waals surface area contributed by atoms with E-state index in [0.717, 1.165) is 23.9 Å². The normalized spacial score (nSPS) is 15.9. The summed E-state index contributed by atoms with van der Waals surface area (Å²) in [5.74, 6) is 4.79. The fourth-order valence-corrected chi connectivity index (χ4v) is 3.34. The number of nitrogens with zero attached hydrogens (tertiary/aromatic N) is 2. The lowest BCUT2D eigenvalue weighted by atomic mass is 10.0. The van der Waals surface area contributed by atoms with Crippen molar-refractivity contribution >= 4 is 17.6 Å². The van der Waals surface area contributed by atoms with Gasteiger partial charge in [0.2, 0.25) is 0 Å². The van der Waals surface area contributed by atoms with E-state index < -0.39 is 0 Å². The van der Waals surface area contributed by atoms with Gasteiger partial charge in [-0.15, -0.1) is 0 Å². The smallest absolute Gasteiger partial charge is 0.140 e. The lowest BCUT2D eigenvalue weighted by molar-refractivity contribution is 0.688. The Morgan fingerprint density at radius 1 is 1.26 bits per heavy atom. The summed E-state index contributed by atoms with van der Waals surface area (Å²) in [7, 11) is 0. The van der Waals surface area contributed by atoms with Crippen molar-refractivity contribution in [3.05, 3.63) is 17.6 Å².